The standard InChI is InChI=1S/C23H21N3O3/c27-22(25-19-8-10-20(11-9-19)26-13-14-29-23(26)28)21(18-6-2-1-3-7-18)15-17-5-4-12-24-16-17/h1-12,16,21H,13-15H2,(H,25,27). The second-order valence-electron chi connectivity index (χ2n) is 6.83. The van der Waals surface area contributed by atoms with E-state index >= 15 is 0 Å². The van der Waals surface area contributed by atoms with Gasteiger partial charge < -0.3 is 10.1 Å². The summed E-state index contributed by atoms with van der Waals surface area (Å²) >= 11 is 0. The summed E-state index contributed by atoms with van der Waals surface area (Å²) in [7, 11) is 0. The lowest BCUT2D eigenvalue weighted by atomic mass is 9.91. The molecule has 0 aliphatic carbocycles. The number of pyridine rings is 1. The van der Waals surface area contributed by atoms with Crippen molar-refractivity contribution in [1.29, 1.82) is 0 Å². The molecule has 2 aromatic carbocycles. The Bertz CT molecular complexity index is 975. The third-order valence-corrected chi connectivity index (χ3v) is 4.89. The molecule has 1 saturated heterocycles. The lowest BCUT2D eigenvalue weighted by Crippen LogP contribution is -2.24. The molecule has 0 radical (unpaired) electrons. The van der Waals surface area contributed by atoms with Crippen LogP contribution < -0.4 is 10.2 Å². The van der Waals surface area contributed by atoms with E-state index in [4.69, 9.17) is 4.74 Å². The van der Waals surface area contributed by atoms with Gasteiger partial charge >= 0.3 is 6.09 Å². The van der Waals surface area contributed by atoms with Crippen LogP contribution in [-0.2, 0) is 16.0 Å². The first-order valence-electron chi connectivity index (χ1n) is 9.50. The summed E-state index contributed by atoms with van der Waals surface area (Å²) in [6, 6.07) is 20.8. The van der Waals surface area contributed by atoms with E-state index in [0.29, 0.717) is 25.3 Å². The van der Waals surface area contributed by atoms with Gasteiger partial charge in [-0.1, -0.05) is 36.4 Å². The first kappa shape index (κ1) is 18.7. The zero-order chi connectivity index (χ0) is 20.1. The van der Waals surface area contributed by atoms with Gasteiger partial charge in [0.1, 0.15) is 6.61 Å². The van der Waals surface area contributed by atoms with Crippen LogP contribution >= 0.6 is 0 Å². The molecule has 4 rings (SSSR count). The molecule has 1 N–H and O–H groups in total. The van der Waals surface area contributed by atoms with Gasteiger partial charge in [-0.2, -0.15) is 0 Å². The van der Waals surface area contributed by atoms with Crippen molar-refractivity contribution in [2.45, 2.75) is 12.3 Å². The summed E-state index contributed by atoms with van der Waals surface area (Å²) in [5, 5.41) is 3.00. The van der Waals surface area contributed by atoms with Gasteiger partial charge in [0, 0.05) is 23.8 Å². The van der Waals surface area contributed by atoms with E-state index in [2.05, 4.69) is 10.3 Å². The van der Waals surface area contributed by atoms with Crippen LogP contribution in [0.4, 0.5) is 16.2 Å². The molecule has 0 spiro atoms. The molecule has 1 aromatic heterocycles. The molecule has 2 heterocycles. The second-order valence-corrected chi connectivity index (χ2v) is 6.83. The minimum absolute atomic E-state index is 0.0895. The van der Waals surface area contributed by atoms with Crippen molar-refractivity contribution in [2.75, 3.05) is 23.4 Å². The monoisotopic (exact) mass is 387 g/mol. The summed E-state index contributed by atoms with van der Waals surface area (Å²) in [4.78, 5) is 30.5. The maximum Gasteiger partial charge on any atom is 0.414 e. The number of cyclic esters (lactones) is 1. The molecule has 29 heavy (non-hydrogen) atoms. The van der Waals surface area contributed by atoms with E-state index in [1.807, 2.05) is 42.5 Å². The number of benzene rings is 2. The van der Waals surface area contributed by atoms with E-state index in [1.165, 1.54) is 0 Å². The third-order valence-electron chi connectivity index (χ3n) is 4.89. The number of rotatable bonds is 6. The van der Waals surface area contributed by atoms with Crippen LogP contribution in [0.15, 0.2) is 79.1 Å². The number of nitrogens with one attached hydrogen (secondary N) is 1. The molecular formula is C23H21N3O3. The Hall–Kier alpha value is -3.67. The number of amides is 2. The summed E-state index contributed by atoms with van der Waals surface area (Å²) < 4.78 is 4.96. The Morgan fingerprint density at radius 2 is 1.86 bits per heavy atom. The van der Waals surface area contributed by atoms with Crippen LogP contribution in [0.3, 0.4) is 0 Å². The van der Waals surface area contributed by atoms with Crippen molar-refractivity contribution in [3.8, 4) is 0 Å². The van der Waals surface area contributed by atoms with Crippen LogP contribution in [0.25, 0.3) is 0 Å². The number of carbonyl (C=O) groups excluding carboxylic acids is 2. The number of ether oxygens (including phenoxy) is 1. The topological polar surface area (TPSA) is 71.5 Å². The summed E-state index contributed by atoms with van der Waals surface area (Å²) in [6.45, 7) is 0.927. The number of anilines is 2. The highest BCUT2D eigenvalue weighted by Crippen LogP contribution is 2.25. The Kier molecular flexibility index (Phi) is 5.52. The van der Waals surface area contributed by atoms with Crippen molar-refractivity contribution in [3.05, 3.63) is 90.3 Å². The fourth-order valence-corrected chi connectivity index (χ4v) is 3.38. The number of hydrogen-bond acceptors (Lipinski definition) is 4. The first-order chi connectivity index (χ1) is 14.2. The highest BCUT2D eigenvalue weighted by molar-refractivity contribution is 5.96. The Labute approximate surface area is 169 Å². The van der Waals surface area contributed by atoms with Crippen molar-refractivity contribution in [3.63, 3.8) is 0 Å². The zero-order valence-corrected chi connectivity index (χ0v) is 15.8. The molecule has 1 unspecified atom stereocenters. The minimum Gasteiger partial charge on any atom is -0.447 e. The number of nitrogens with zero attached hydrogens (tertiary/aromatic N) is 2. The molecule has 2 amide bonds. The van der Waals surface area contributed by atoms with Gasteiger partial charge in [0.2, 0.25) is 5.91 Å². The lowest BCUT2D eigenvalue weighted by molar-refractivity contribution is -0.117. The maximum absolute atomic E-state index is 13.1. The fourth-order valence-electron chi connectivity index (χ4n) is 3.38. The molecule has 6 heteroatoms. The van der Waals surface area contributed by atoms with Crippen LogP contribution in [0, 0.1) is 0 Å². The van der Waals surface area contributed by atoms with E-state index in [0.717, 1.165) is 16.8 Å². The Morgan fingerprint density at radius 1 is 1.07 bits per heavy atom. The van der Waals surface area contributed by atoms with Crippen molar-refractivity contribution in [1.82, 2.24) is 4.98 Å². The summed E-state index contributed by atoms with van der Waals surface area (Å²) in [5.41, 5.74) is 3.38. The quantitative estimate of drug-likeness (QED) is 0.694. The van der Waals surface area contributed by atoms with Gasteiger partial charge in [0.05, 0.1) is 12.5 Å². The highest BCUT2D eigenvalue weighted by Gasteiger charge is 2.24. The van der Waals surface area contributed by atoms with Gasteiger partial charge in [-0.15, -0.1) is 0 Å². The van der Waals surface area contributed by atoms with E-state index in [9.17, 15) is 9.59 Å². The van der Waals surface area contributed by atoms with Crippen molar-refractivity contribution < 1.29 is 14.3 Å². The molecule has 0 saturated carbocycles. The predicted octanol–water partition coefficient (Wildman–Crippen LogP) is 4.00. The molecule has 0 bridgehead atoms. The number of aromatic nitrogens is 1. The molecule has 1 aliphatic heterocycles. The molecule has 1 fully saturated rings. The van der Waals surface area contributed by atoms with Gasteiger partial charge in [0.15, 0.2) is 0 Å². The van der Waals surface area contributed by atoms with Gasteiger partial charge in [-0.25, -0.2) is 4.79 Å². The van der Waals surface area contributed by atoms with Crippen molar-refractivity contribution in [2.24, 2.45) is 0 Å². The smallest absolute Gasteiger partial charge is 0.414 e. The Balaban J connectivity index is 1.51. The SMILES string of the molecule is O=C(Nc1ccc(N2CCOC2=O)cc1)C(Cc1cccnc1)c1ccccc1. The molecule has 1 atom stereocenters. The molecule has 6 nitrogen and oxygen atoms in total. The minimum atomic E-state index is -0.345. The molecule has 146 valence electrons. The maximum atomic E-state index is 13.1. The molecule has 3 aromatic rings. The average Bonchev–Trinajstić information content (AvgIpc) is 3.20. The van der Waals surface area contributed by atoms with Crippen LogP contribution in [0.5, 0.6) is 0 Å². The van der Waals surface area contributed by atoms with Crippen LogP contribution in [0.2, 0.25) is 0 Å². The van der Waals surface area contributed by atoms with Crippen LogP contribution in [-0.4, -0.2) is 30.1 Å². The predicted molar refractivity (Wildman–Crippen MR) is 111 cm³/mol. The largest absolute Gasteiger partial charge is 0.447 e. The van der Waals surface area contributed by atoms with Crippen LogP contribution in [0.1, 0.15) is 17.0 Å². The van der Waals surface area contributed by atoms with E-state index in [-0.39, 0.29) is 17.9 Å². The van der Waals surface area contributed by atoms with E-state index in [1.54, 1.807) is 41.6 Å². The van der Waals surface area contributed by atoms with Gasteiger partial charge in [-0.05, 0) is 47.9 Å². The Morgan fingerprint density at radius 3 is 2.52 bits per heavy atom. The second kappa shape index (κ2) is 8.56. The number of hydrogen-bond donors (Lipinski definition) is 1. The zero-order valence-electron chi connectivity index (χ0n) is 15.8. The fraction of sp³-hybridized carbons (Fsp3) is 0.174. The normalized spacial score (nSPS) is 14.3. The molecule has 1 aliphatic rings. The highest BCUT2D eigenvalue weighted by atomic mass is 16.6. The number of carbonyl (C=O) groups is 2. The summed E-state index contributed by atoms with van der Waals surface area (Å²) in [5.74, 6) is -0.429. The first-order valence-corrected chi connectivity index (χ1v) is 9.50. The van der Waals surface area contributed by atoms with E-state index < -0.39 is 0 Å². The molecular weight excluding hydrogens is 366 g/mol. The van der Waals surface area contributed by atoms with Gasteiger partial charge in [-0.3, -0.25) is 14.7 Å². The third kappa shape index (κ3) is 4.43. The summed E-state index contributed by atoms with van der Waals surface area (Å²) in [6.07, 6.45) is 3.72. The van der Waals surface area contributed by atoms with Gasteiger partial charge in [0.25, 0.3) is 0 Å². The van der Waals surface area contributed by atoms with Crippen molar-refractivity contribution >= 4 is 23.4 Å². The lowest BCUT2D eigenvalue weighted by Gasteiger charge is -2.18. The average molecular weight is 387 g/mol.